The Morgan fingerprint density at radius 2 is 1.90 bits per heavy atom. The summed E-state index contributed by atoms with van der Waals surface area (Å²) in [5.74, 6) is -0.799. The van der Waals surface area contributed by atoms with E-state index < -0.39 is 5.97 Å². The molecule has 0 N–H and O–H groups in total. The lowest BCUT2D eigenvalue weighted by Crippen LogP contribution is -2.16. The van der Waals surface area contributed by atoms with Gasteiger partial charge in [0, 0.05) is 41.1 Å². The molecule has 3 aromatic rings. The number of ether oxygens (including phenoxy) is 2. The van der Waals surface area contributed by atoms with E-state index in [0.717, 1.165) is 29.7 Å². The van der Waals surface area contributed by atoms with Gasteiger partial charge in [-0.05, 0) is 39.3 Å². The molecule has 29 heavy (non-hydrogen) atoms. The van der Waals surface area contributed by atoms with Crippen molar-refractivity contribution in [2.45, 2.75) is 47.3 Å². The molecule has 0 saturated heterocycles. The van der Waals surface area contributed by atoms with Crippen molar-refractivity contribution in [3.63, 3.8) is 0 Å². The zero-order valence-corrected chi connectivity index (χ0v) is 17.4. The Kier molecular flexibility index (Phi) is 6.54. The van der Waals surface area contributed by atoms with Crippen molar-refractivity contribution in [3.05, 3.63) is 58.6 Å². The van der Waals surface area contributed by atoms with Gasteiger partial charge >= 0.3 is 5.97 Å². The Hall–Kier alpha value is -2.86. The van der Waals surface area contributed by atoms with Crippen molar-refractivity contribution in [2.75, 3.05) is 13.2 Å². The van der Waals surface area contributed by atoms with Crippen molar-refractivity contribution >= 4 is 22.7 Å². The molecule has 0 aliphatic heterocycles. The summed E-state index contributed by atoms with van der Waals surface area (Å²) in [4.78, 5) is 25.3. The molecule has 0 aliphatic rings. The second-order valence-corrected chi connectivity index (χ2v) is 6.98. The number of ketones is 1. The predicted octanol–water partition coefficient (Wildman–Crippen LogP) is 4.84. The smallest absolute Gasteiger partial charge is 0.375 e. The van der Waals surface area contributed by atoms with Crippen LogP contribution >= 0.6 is 0 Å². The summed E-state index contributed by atoms with van der Waals surface area (Å²) < 4.78 is 18.6. The van der Waals surface area contributed by atoms with E-state index in [1.165, 1.54) is 0 Å². The second kappa shape index (κ2) is 9.09. The molecule has 0 atom stereocenters. The monoisotopic (exact) mass is 397 g/mol. The highest BCUT2D eigenvalue weighted by Gasteiger charge is 2.24. The van der Waals surface area contributed by atoms with Crippen molar-refractivity contribution in [1.29, 1.82) is 0 Å². The number of aryl methyl sites for hydroxylation is 1. The maximum atomic E-state index is 12.7. The van der Waals surface area contributed by atoms with Crippen LogP contribution in [0.4, 0.5) is 0 Å². The van der Waals surface area contributed by atoms with Crippen LogP contribution < -0.4 is 0 Å². The predicted molar refractivity (Wildman–Crippen MR) is 110 cm³/mol. The minimum Gasteiger partial charge on any atom is -0.451 e. The molecular weight excluding hydrogens is 370 g/mol. The highest BCUT2D eigenvalue weighted by atomic mass is 16.5. The lowest BCUT2D eigenvalue weighted by molar-refractivity contribution is 0.0438. The zero-order valence-electron chi connectivity index (χ0n) is 17.4. The summed E-state index contributed by atoms with van der Waals surface area (Å²) in [7, 11) is 0. The molecule has 2 aromatic heterocycles. The minimum absolute atomic E-state index is 0.0869. The summed E-state index contributed by atoms with van der Waals surface area (Å²) in [6.45, 7) is 9.13. The number of fused-ring (bicyclic) bond motifs is 1. The van der Waals surface area contributed by atoms with E-state index >= 15 is 0 Å². The Morgan fingerprint density at radius 3 is 2.62 bits per heavy atom. The SMILES string of the molecule is CCCn1c(C)cc(C(=O)COC(=O)c2oc3ccccc3c2COCC)c1C. The topological polar surface area (TPSA) is 70.7 Å². The minimum atomic E-state index is -0.661. The molecule has 154 valence electrons. The molecule has 6 heteroatoms. The Balaban J connectivity index is 1.77. The number of para-hydroxylation sites is 1. The molecular formula is C23H27NO5. The molecule has 0 aliphatic carbocycles. The van der Waals surface area contributed by atoms with Crippen LogP contribution in [0.15, 0.2) is 34.7 Å². The number of Topliss-reactive ketones (excluding diaryl/α,β-unsaturated/α-hetero) is 1. The maximum absolute atomic E-state index is 12.7. The van der Waals surface area contributed by atoms with Crippen LogP contribution in [0.1, 0.15) is 58.1 Å². The third-order valence-electron chi connectivity index (χ3n) is 4.99. The van der Waals surface area contributed by atoms with Gasteiger partial charge in [0.15, 0.2) is 6.61 Å². The molecule has 0 amide bonds. The van der Waals surface area contributed by atoms with Crippen molar-refractivity contribution in [1.82, 2.24) is 4.57 Å². The molecule has 0 bridgehead atoms. The molecule has 0 unspecified atom stereocenters. The van der Waals surface area contributed by atoms with E-state index in [-0.39, 0.29) is 24.8 Å². The molecule has 0 fully saturated rings. The molecule has 3 rings (SSSR count). The third kappa shape index (κ3) is 4.27. The van der Waals surface area contributed by atoms with Crippen LogP contribution in [0.3, 0.4) is 0 Å². The van der Waals surface area contributed by atoms with Crippen LogP contribution in [-0.4, -0.2) is 29.5 Å². The molecule has 2 heterocycles. The first-order valence-corrected chi connectivity index (χ1v) is 9.93. The quantitative estimate of drug-likeness (QED) is 0.382. The summed E-state index contributed by atoms with van der Waals surface area (Å²) >= 11 is 0. The number of esters is 1. The van der Waals surface area contributed by atoms with Gasteiger partial charge < -0.3 is 18.5 Å². The molecule has 0 radical (unpaired) electrons. The third-order valence-corrected chi connectivity index (χ3v) is 4.99. The molecule has 6 nitrogen and oxygen atoms in total. The number of hydrogen-bond acceptors (Lipinski definition) is 5. The van der Waals surface area contributed by atoms with E-state index in [1.54, 1.807) is 6.07 Å². The average molecular weight is 397 g/mol. The van der Waals surface area contributed by atoms with Crippen LogP contribution in [0.25, 0.3) is 11.0 Å². The summed E-state index contributed by atoms with van der Waals surface area (Å²) in [5, 5.41) is 0.808. The molecule has 1 aromatic carbocycles. The highest BCUT2D eigenvalue weighted by molar-refractivity contribution is 6.01. The van der Waals surface area contributed by atoms with Crippen molar-refractivity contribution in [2.24, 2.45) is 0 Å². The first kappa shape index (κ1) is 20.9. The van der Waals surface area contributed by atoms with E-state index in [4.69, 9.17) is 13.9 Å². The van der Waals surface area contributed by atoms with Crippen molar-refractivity contribution < 1.29 is 23.5 Å². The lowest BCUT2D eigenvalue weighted by Gasteiger charge is -2.08. The van der Waals surface area contributed by atoms with Crippen LogP contribution in [0.5, 0.6) is 0 Å². The summed E-state index contributed by atoms with van der Waals surface area (Å²) in [6.07, 6.45) is 0.980. The lowest BCUT2D eigenvalue weighted by atomic mass is 10.1. The van der Waals surface area contributed by atoms with Gasteiger partial charge in [-0.15, -0.1) is 0 Å². The van der Waals surface area contributed by atoms with E-state index in [1.807, 2.05) is 45.0 Å². The van der Waals surface area contributed by atoms with Gasteiger partial charge in [-0.1, -0.05) is 25.1 Å². The Morgan fingerprint density at radius 1 is 1.14 bits per heavy atom. The zero-order chi connectivity index (χ0) is 21.0. The van der Waals surface area contributed by atoms with Gasteiger partial charge in [-0.3, -0.25) is 4.79 Å². The van der Waals surface area contributed by atoms with Crippen LogP contribution in [-0.2, 0) is 22.6 Å². The number of furan rings is 1. The van der Waals surface area contributed by atoms with Crippen molar-refractivity contribution in [3.8, 4) is 0 Å². The number of rotatable bonds is 9. The van der Waals surface area contributed by atoms with E-state index in [0.29, 0.717) is 23.3 Å². The molecule has 0 spiro atoms. The fourth-order valence-corrected chi connectivity index (χ4v) is 3.54. The molecule has 0 saturated carbocycles. The largest absolute Gasteiger partial charge is 0.451 e. The average Bonchev–Trinajstić information content (AvgIpc) is 3.23. The van der Waals surface area contributed by atoms with E-state index in [9.17, 15) is 9.59 Å². The fourth-order valence-electron chi connectivity index (χ4n) is 3.54. The number of carbonyl (C=O) groups excluding carboxylic acids is 2. The fraction of sp³-hybridized carbons (Fsp3) is 0.391. The number of benzene rings is 1. The van der Waals surface area contributed by atoms with Gasteiger partial charge in [0.1, 0.15) is 5.58 Å². The highest BCUT2D eigenvalue weighted by Crippen LogP contribution is 2.27. The Labute approximate surface area is 170 Å². The number of hydrogen-bond donors (Lipinski definition) is 0. The van der Waals surface area contributed by atoms with Gasteiger partial charge in [0.05, 0.1) is 6.61 Å². The maximum Gasteiger partial charge on any atom is 0.375 e. The standard InChI is InChI=1S/C23H27NO5/c1-5-11-24-15(3)12-18(16(24)4)20(25)14-28-23(26)22-19(13-27-6-2)17-9-7-8-10-21(17)29-22/h7-10,12H,5-6,11,13-14H2,1-4H3. The summed E-state index contributed by atoms with van der Waals surface area (Å²) in [6, 6.07) is 9.22. The number of aromatic nitrogens is 1. The van der Waals surface area contributed by atoms with Gasteiger partial charge in [0.2, 0.25) is 11.5 Å². The van der Waals surface area contributed by atoms with Gasteiger partial charge in [-0.2, -0.15) is 0 Å². The van der Waals surface area contributed by atoms with Crippen LogP contribution in [0.2, 0.25) is 0 Å². The second-order valence-electron chi connectivity index (χ2n) is 6.98. The van der Waals surface area contributed by atoms with E-state index in [2.05, 4.69) is 11.5 Å². The summed E-state index contributed by atoms with van der Waals surface area (Å²) in [5.41, 5.74) is 3.73. The number of carbonyl (C=O) groups is 2. The Bertz CT molecular complexity index is 1030. The van der Waals surface area contributed by atoms with Gasteiger partial charge in [-0.25, -0.2) is 4.79 Å². The van der Waals surface area contributed by atoms with Gasteiger partial charge in [0.25, 0.3) is 0 Å². The first-order valence-electron chi connectivity index (χ1n) is 9.93. The van der Waals surface area contributed by atoms with Crippen LogP contribution in [0, 0.1) is 13.8 Å². The first-order chi connectivity index (χ1) is 14.0. The number of nitrogens with zero attached hydrogens (tertiary/aromatic N) is 1. The normalized spacial score (nSPS) is 11.2.